The van der Waals surface area contributed by atoms with E-state index in [2.05, 4.69) is 16.0 Å². The highest BCUT2D eigenvalue weighted by Gasteiger charge is 2.41. The van der Waals surface area contributed by atoms with Gasteiger partial charge in [0.05, 0.1) is 7.11 Å². The predicted molar refractivity (Wildman–Crippen MR) is 166 cm³/mol. The maximum atomic E-state index is 13.7. The van der Waals surface area contributed by atoms with E-state index in [0.29, 0.717) is 38.6 Å². The summed E-state index contributed by atoms with van der Waals surface area (Å²) in [5.41, 5.74) is 5.66. The van der Waals surface area contributed by atoms with Crippen LogP contribution in [0, 0.1) is 5.41 Å². The summed E-state index contributed by atoms with van der Waals surface area (Å²) in [6, 6.07) is 14.9. The Morgan fingerprint density at radius 2 is 1.80 bits per heavy atom. The average molecular weight is 609 g/mol. The second-order valence-corrected chi connectivity index (χ2v) is 11.3. The number of carboxylic acids is 1. The SMILES string of the molecule is COc1ccc(CCCC(=O)N2CCC[C@H]2C(=O)N[C@@](C)(Cc2ccccc2)C(=O)N[C@@H](CCCNC(=N)N)C(=O)O)cc1. The van der Waals surface area contributed by atoms with Gasteiger partial charge in [-0.1, -0.05) is 42.5 Å². The van der Waals surface area contributed by atoms with E-state index in [1.165, 1.54) is 0 Å². The molecular weight excluding hydrogens is 564 g/mol. The molecule has 238 valence electrons. The molecule has 12 heteroatoms. The van der Waals surface area contributed by atoms with E-state index in [9.17, 15) is 24.3 Å². The van der Waals surface area contributed by atoms with Crippen molar-refractivity contribution in [1.29, 1.82) is 5.41 Å². The van der Waals surface area contributed by atoms with Crippen LogP contribution in [-0.2, 0) is 32.0 Å². The first-order valence-corrected chi connectivity index (χ1v) is 14.9. The van der Waals surface area contributed by atoms with Crippen LogP contribution in [0.5, 0.6) is 5.75 Å². The number of nitrogens with two attached hydrogens (primary N) is 1. The van der Waals surface area contributed by atoms with Gasteiger partial charge in [0.2, 0.25) is 17.7 Å². The smallest absolute Gasteiger partial charge is 0.326 e. The van der Waals surface area contributed by atoms with Gasteiger partial charge in [0.25, 0.3) is 0 Å². The Hall–Kier alpha value is -4.61. The molecule has 3 rings (SSSR count). The molecule has 1 aliphatic heterocycles. The molecule has 1 aliphatic rings. The molecule has 0 saturated carbocycles. The van der Waals surface area contributed by atoms with Crippen molar-refractivity contribution < 1.29 is 29.0 Å². The van der Waals surface area contributed by atoms with Gasteiger partial charge in [0.15, 0.2) is 5.96 Å². The Morgan fingerprint density at radius 1 is 1.09 bits per heavy atom. The third kappa shape index (κ3) is 9.99. The number of nitrogens with zero attached hydrogens (tertiary/aromatic N) is 1. The third-order valence-electron chi connectivity index (χ3n) is 7.78. The molecule has 44 heavy (non-hydrogen) atoms. The number of aliphatic carboxylic acids is 1. The van der Waals surface area contributed by atoms with Crippen LogP contribution in [0.3, 0.4) is 0 Å². The Labute approximate surface area is 258 Å². The fourth-order valence-corrected chi connectivity index (χ4v) is 5.36. The first kappa shape index (κ1) is 33.9. The molecule has 0 bridgehead atoms. The van der Waals surface area contributed by atoms with Crippen LogP contribution in [0.25, 0.3) is 0 Å². The number of carbonyl (C=O) groups excluding carboxylic acids is 3. The van der Waals surface area contributed by atoms with Crippen molar-refractivity contribution in [2.24, 2.45) is 5.73 Å². The molecule has 2 aromatic rings. The van der Waals surface area contributed by atoms with E-state index in [-0.39, 0.29) is 37.7 Å². The molecule has 7 N–H and O–H groups in total. The highest BCUT2D eigenvalue weighted by Crippen LogP contribution is 2.22. The molecule has 1 saturated heterocycles. The number of hydrogen-bond donors (Lipinski definition) is 6. The largest absolute Gasteiger partial charge is 0.497 e. The standard InChI is InChI=1S/C32H44N6O6/c1-32(21-23-9-4-3-5-10-23,30(43)36-25(29(41)42)12-7-19-35-31(33)34)37-28(40)26-13-8-20-38(26)27(39)14-6-11-22-15-17-24(44-2)18-16-22/h3-5,9-10,15-18,25-26H,6-8,11-14,19-21H2,1-2H3,(H,36,43)(H,37,40)(H,41,42)(H4,33,34,35)/t25-,26-,32-/m0/s1. The van der Waals surface area contributed by atoms with Gasteiger partial charge in [0, 0.05) is 25.9 Å². The van der Waals surface area contributed by atoms with Crippen LogP contribution >= 0.6 is 0 Å². The summed E-state index contributed by atoms with van der Waals surface area (Å²) in [6.45, 7) is 2.30. The number of rotatable bonds is 16. The number of methoxy groups -OCH3 is 1. The number of guanidine groups is 1. The van der Waals surface area contributed by atoms with Crippen LogP contribution in [0.4, 0.5) is 0 Å². The zero-order valence-corrected chi connectivity index (χ0v) is 25.4. The van der Waals surface area contributed by atoms with E-state index < -0.39 is 35.4 Å². The molecule has 3 amide bonds. The van der Waals surface area contributed by atoms with Crippen LogP contribution in [0.1, 0.15) is 56.6 Å². The minimum absolute atomic E-state index is 0.0954. The second-order valence-electron chi connectivity index (χ2n) is 11.3. The molecule has 12 nitrogen and oxygen atoms in total. The lowest BCUT2D eigenvalue weighted by Crippen LogP contribution is -2.63. The van der Waals surface area contributed by atoms with Crippen LogP contribution in [0.2, 0.25) is 0 Å². The van der Waals surface area contributed by atoms with Crippen LogP contribution < -0.4 is 26.4 Å². The Kier molecular flexibility index (Phi) is 12.5. The van der Waals surface area contributed by atoms with Gasteiger partial charge >= 0.3 is 5.97 Å². The molecule has 0 aliphatic carbocycles. The summed E-state index contributed by atoms with van der Waals surface area (Å²) in [7, 11) is 1.61. The zero-order valence-electron chi connectivity index (χ0n) is 25.4. The normalized spacial score (nSPS) is 16.3. The maximum Gasteiger partial charge on any atom is 0.326 e. The van der Waals surface area contributed by atoms with Crippen molar-refractivity contribution in [3.05, 3.63) is 65.7 Å². The van der Waals surface area contributed by atoms with Gasteiger partial charge in [-0.15, -0.1) is 0 Å². The Balaban J connectivity index is 1.67. The van der Waals surface area contributed by atoms with E-state index in [4.69, 9.17) is 15.9 Å². The molecule has 0 radical (unpaired) electrons. The first-order valence-electron chi connectivity index (χ1n) is 14.9. The number of nitrogens with one attached hydrogen (secondary N) is 4. The third-order valence-corrected chi connectivity index (χ3v) is 7.78. The van der Waals surface area contributed by atoms with Crippen molar-refractivity contribution in [3.8, 4) is 5.75 Å². The monoisotopic (exact) mass is 608 g/mol. The summed E-state index contributed by atoms with van der Waals surface area (Å²) < 4.78 is 5.19. The van der Waals surface area contributed by atoms with Gasteiger partial charge in [-0.05, 0) is 68.7 Å². The first-order chi connectivity index (χ1) is 21.0. The summed E-state index contributed by atoms with van der Waals surface area (Å²) in [5.74, 6) is -1.87. The van der Waals surface area contributed by atoms with Crippen molar-refractivity contribution in [3.63, 3.8) is 0 Å². The number of benzene rings is 2. The minimum atomic E-state index is -1.49. The number of aryl methyl sites for hydroxylation is 1. The molecule has 0 aromatic heterocycles. The highest BCUT2D eigenvalue weighted by atomic mass is 16.5. The quantitative estimate of drug-likeness (QED) is 0.0948. The number of amides is 3. The van der Waals surface area contributed by atoms with Gasteiger partial charge in [-0.25, -0.2) is 4.79 Å². The second kappa shape index (κ2) is 16.3. The summed E-state index contributed by atoms with van der Waals surface area (Å²) in [5, 5.41) is 25.1. The molecular formula is C32H44N6O6. The van der Waals surface area contributed by atoms with Gasteiger partial charge in [0.1, 0.15) is 23.4 Å². The summed E-state index contributed by atoms with van der Waals surface area (Å²) in [6.07, 6.45) is 3.32. The fourth-order valence-electron chi connectivity index (χ4n) is 5.36. The number of carbonyl (C=O) groups is 4. The molecule has 1 heterocycles. The summed E-state index contributed by atoms with van der Waals surface area (Å²) in [4.78, 5) is 54.1. The molecule has 0 unspecified atom stereocenters. The Bertz CT molecular complexity index is 1290. The van der Waals surface area contributed by atoms with Gasteiger partial charge in [-0.3, -0.25) is 19.8 Å². The summed E-state index contributed by atoms with van der Waals surface area (Å²) >= 11 is 0. The van der Waals surface area contributed by atoms with Crippen LogP contribution in [-0.4, -0.2) is 77.5 Å². The average Bonchev–Trinajstić information content (AvgIpc) is 3.50. The lowest BCUT2D eigenvalue weighted by Gasteiger charge is -2.34. The molecule has 0 spiro atoms. The fraction of sp³-hybridized carbons (Fsp3) is 0.469. The van der Waals surface area contributed by atoms with Crippen molar-refractivity contribution in [2.45, 2.75) is 75.9 Å². The number of hydrogen-bond acceptors (Lipinski definition) is 6. The molecule has 3 atom stereocenters. The highest BCUT2D eigenvalue weighted by molar-refractivity contribution is 5.96. The Morgan fingerprint density at radius 3 is 2.43 bits per heavy atom. The van der Waals surface area contributed by atoms with E-state index in [1.54, 1.807) is 18.9 Å². The molecule has 1 fully saturated rings. The number of ether oxygens (including phenoxy) is 1. The van der Waals surface area contributed by atoms with Crippen molar-refractivity contribution in [1.82, 2.24) is 20.9 Å². The lowest BCUT2D eigenvalue weighted by atomic mass is 9.90. The van der Waals surface area contributed by atoms with Crippen LogP contribution in [0.15, 0.2) is 54.6 Å². The van der Waals surface area contributed by atoms with E-state index >= 15 is 0 Å². The van der Waals surface area contributed by atoms with Gasteiger partial charge in [-0.2, -0.15) is 0 Å². The topological polar surface area (TPSA) is 187 Å². The van der Waals surface area contributed by atoms with E-state index in [0.717, 1.165) is 16.9 Å². The number of carboxylic acid groups (broad SMARTS) is 1. The lowest BCUT2D eigenvalue weighted by molar-refractivity contribution is -0.144. The maximum absolute atomic E-state index is 13.7. The minimum Gasteiger partial charge on any atom is -0.497 e. The molecule has 2 aromatic carbocycles. The van der Waals surface area contributed by atoms with Crippen molar-refractivity contribution in [2.75, 3.05) is 20.2 Å². The van der Waals surface area contributed by atoms with Gasteiger partial charge < -0.3 is 36.4 Å². The predicted octanol–water partition coefficient (Wildman–Crippen LogP) is 1.96. The number of likely N-dealkylation sites (tertiary alicyclic amines) is 1. The zero-order chi connectivity index (χ0) is 32.1. The van der Waals surface area contributed by atoms with Crippen molar-refractivity contribution >= 4 is 29.7 Å². The van der Waals surface area contributed by atoms with E-state index in [1.807, 2.05) is 54.6 Å².